The summed E-state index contributed by atoms with van der Waals surface area (Å²) in [6.07, 6.45) is 1.68. The van der Waals surface area contributed by atoms with Gasteiger partial charge in [-0.05, 0) is 49.2 Å². The number of likely N-dealkylation sites (tertiary alicyclic amines) is 1. The summed E-state index contributed by atoms with van der Waals surface area (Å²) in [5.41, 5.74) is 1.20. The van der Waals surface area contributed by atoms with E-state index in [-0.39, 0.29) is 30.2 Å². The molecule has 2 aromatic rings. The van der Waals surface area contributed by atoms with Crippen LogP contribution in [0.1, 0.15) is 29.6 Å². The Kier molecular flexibility index (Phi) is 5.65. The van der Waals surface area contributed by atoms with Crippen LogP contribution in [0.3, 0.4) is 0 Å². The number of hydrogen-bond acceptors (Lipinski definition) is 4. The van der Waals surface area contributed by atoms with Crippen LogP contribution >= 0.6 is 11.6 Å². The molecule has 4 rings (SSSR count). The molecule has 0 radical (unpaired) electrons. The van der Waals surface area contributed by atoms with Crippen LogP contribution in [-0.4, -0.2) is 47.8 Å². The van der Waals surface area contributed by atoms with Gasteiger partial charge in [0.05, 0.1) is 18.2 Å². The second kappa shape index (κ2) is 8.35. The van der Waals surface area contributed by atoms with Crippen LogP contribution in [-0.2, 0) is 9.59 Å². The average Bonchev–Trinajstić information content (AvgIpc) is 3.04. The number of imide groups is 1. The fourth-order valence-corrected chi connectivity index (χ4v) is 4.10. The van der Waals surface area contributed by atoms with Gasteiger partial charge in [-0.2, -0.15) is 0 Å². The van der Waals surface area contributed by atoms with Crippen molar-refractivity contribution < 1.29 is 14.4 Å². The maximum atomic E-state index is 12.9. The highest BCUT2D eigenvalue weighted by Gasteiger charge is 2.43. The van der Waals surface area contributed by atoms with E-state index in [4.69, 9.17) is 11.6 Å². The predicted octanol–water partition coefficient (Wildman–Crippen LogP) is 2.87. The van der Waals surface area contributed by atoms with Gasteiger partial charge in [-0.1, -0.05) is 29.8 Å². The van der Waals surface area contributed by atoms with Gasteiger partial charge < -0.3 is 5.32 Å². The lowest BCUT2D eigenvalue weighted by molar-refractivity contribution is -0.123. The highest BCUT2D eigenvalue weighted by Crippen LogP contribution is 2.28. The molecule has 0 bridgehead atoms. The van der Waals surface area contributed by atoms with Gasteiger partial charge in [-0.25, -0.2) is 4.90 Å². The van der Waals surface area contributed by atoms with Gasteiger partial charge in [0.2, 0.25) is 5.91 Å². The Morgan fingerprint density at radius 2 is 1.62 bits per heavy atom. The van der Waals surface area contributed by atoms with Crippen LogP contribution in [0.2, 0.25) is 5.02 Å². The van der Waals surface area contributed by atoms with E-state index in [9.17, 15) is 14.4 Å². The lowest BCUT2D eigenvalue weighted by Gasteiger charge is -2.35. The summed E-state index contributed by atoms with van der Waals surface area (Å²) in [7, 11) is 0. The van der Waals surface area contributed by atoms with Crippen molar-refractivity contribution in [3.05, 3.63) is 65.2 Å². The van der Waals surface area contributed by atoms with E-state index in [1.807, 2.05) is 18.2 Å². The Labute approximate surface area is 174 Å². The Morgan fingerprint density at radius 3 is 2.28 bits per heavy atom. The molecule has 7 heteroatoms. The molecular weight excluding hydrogens is 390 g/mol. The molecule has 1 atom stereocenters. The minimum atomic E-state index is -0.441. The molecule has 0 aromatic heterocycles. The molecule has 1 N–H and O–H groups in total. The second-order valence-electron chi connectivity index (χ2n) is 7.41. The first kappa shape index (κ1) is 19.6. The molecule has 2 aromatic carbocycles. The zero-order valence-electron chi connectivity index (χ0n) is 15.9. The smallest absolute Gasteiger partial charge is 0.251 e. The monoisotopic (exact) mass is 411 g/mol. The van der Waals surface area contributed by atoms with Crippen LogP contribution < -0.4 is 10.2 Å². The first-order valence-electron chi connectivity index (χ1n) is 9.75. The zero-order chi connectivity index (χ0) is 20.4. The van der Waals surface area contributed by atoms with Gasteiger partial charge in [0, 0.05) is 29.7 Å². The Morgan fingerprint density at radius 1 is 0.966 bits per heavy atom. The number of rotatable bonds is 4. The van der Waals surface area contributed by atoms with Crippen molar-refractivity contribution in [3.63, 3.8) is 0 Å². The summed E-state index contributed by atoms with van der Waals surface area (Å²) in [6, 6.07) is 15.5. The van der Waals surface area contributed by atoms with Gasteiger partial charge in [0.15, 0.2) is 0 Å². The van der Waals surface area contributed by atoms with Crippen LogP contribution in [0.15, 0.2) is 54.6 Å². The van der Waals surface area contributed by atoms with Crippen LogP contribution in [0.5, 0.6) is 0 Å². The molecule has 150 valence electrons. The zero-order valence-corrected chi connectivity index (χ0v) is 16.6. The van der Waals surface area contributed by atoms with Gasteiger partial charge in [0.1, 0.15) is 0 Å². The van der Waals surface area contributed by atoms with Crippen molar-refractivity contribution in [2.75, 3.05) is 18.0 Å². The molecular formula is C22H22ClN3O3. The number of benzene rings is 2. The Hall–Kier alpha value is -2.70. The van der Waals surface area contributed by atoms with Crippen molar-refractivity contribution in [3.8, 4) is 0 Å². The van der Waals surface area contributed by atoms with Crippen molar-refractivity contribution in [2.45, 2.75) is 31.3 Å². The molecule has 29 heavy (non-hydrogen) atoms. The van der Waals surface area contributed by atoms with Crippen LogP contribution in [0.25, 0.3) is 0 Å². The summed E-state index contributed by atoms with van der Waals surface area (Å²) in [5.74, 6) is -0.462. The number of nitrogens with one attached hydrogen (secondary N) is 1. The molecule has 2 aliphatic heterocycles. The van der Waals surface area contributed by atoms with Crippen molar-refractivity contribution in [1.29, 1.82) is 0 Å². The minimum Gasteiger partial charge on any atom is -0.349 e. The average molecular weight is 412 g/mol. The summed E-state index contributed by atoms with van der Waals surface area (Å²) in [6.45, 7) is 1.33. The van der Waals surface area contributed by atoms with E-state index in [0.29, 0.717) is 29.4 Å². The third kappa shape index (κ3) is 4.18. The van der Waals surface area contributed by atoms with E-state index in [1.54, 1.807) is 36.4 Å². The third-order valence-corrected chi connectivity index (χ3v) is 5.80. The van der Waals surface area contributed by atoms with Crippen LogP contribution in [0.4, 0.5) is 5.69 Å². The van der Waals surface area contributed by atoms with E-state index in [2.05, 4.69) is 10.2 Å². The summed E-state index contributed by atoms with van der Waals surface area (Å²) < 4.78 is 0. The number of anilines is 1. The molecule has 0 saturated carbocycles. The van der Waals surface area contributed by atoms with Gasteiger partial charge in [-0.15, -0.1) is 0 Å². The fraction of sp³-hybridized carbons (Fsp3) is 0.318. The molecule has 2 saturated heterocycles. The normalized spacial score (nSPS) is 20.9. The van der Waals surface area contributed by atoms with Crippen molar-refractivity contribution in [1.82, 2.24) is 10.2 Å². The van der Waals surface area contributed by atoms with Gasteiger partial charge >= 0.3 is 0 Å². The largest absolute Gasteiger partial charge is 0.349 e. The highest BCUT2D eigenvalue weighted by atomic mass is 35.5. The first-order valence-corrected chi connectivity index (χ1v) is 10.1. The highest BCUT2D eigenvalue weighted by molar-refractivity contribution is 6.30. The lowest BCUT2D eigenvalue weighted by atomic mass is 10.0. The molecule has 2 fully saturated rings. The molecule has 0 spiro atoms. The minimum absolute atomic E-state index is 0.0681. The second-order valence-corrected chi connectivity index (χ2v) is 7.85. The number of amides is 3. The van der Waals surface area contributed by atoms with E-state index >= 15 is 0 Å². The predicted molar refractivity (Wildman–Crippen MR) is 111 cm³/mol. The SMILES string of the molecule is O=C(NC1CCN([C@H]2CC(=O)N(c3ccc(Cl)cc3)C2=O)CC1)c1ccccc1. The standard InChI is InChI=1S/C22H22ClN3O3/c23-16-6-8-18(9-7-16)26-20(27)14-19(22(26)29)25-12-10-17(11-13-25)24-21(28)15-4-2-1-3-5-15/h1-9,17,19H,10-14H2,(H,24,28)/t19-/m0/s1. The number of piperidine rings is 1. The van der Waals surface area contributed by atoms with Gasteiger partial charge in [0.25, 0.3) is 11.8 Å². The quantitative estimate of drug-likeness (QED) is 0.785. The van der Waals surface area contributed by atoms with Gasteiger partial charge in [-0.3, -0.25) is 19.3 Å². The van der Waals surface area contributed by atoms with Crippen molar-refractivity contribution in [2.24, 2.45) is 0 Å². The van der Waals surface area contributed by atoms with Crippen molar-refractivity contribution >= 4 is 35.0 Å². The molecule has 2 aliphatic rings. The summed E-state index contributed by atoms with van der Waals surface area (Å²) >= 11 is 5.90. The fourth-order valence-electron chi connectivity index (χ4n) is 3.98. The lowest BCUT2D eigenvalue weighted by Crippen LogP contribution is -2.50. The number of hydrogen-bond donors (Lipinski definition) is 1. The summed E-state index contributed by atoms with van der Waals surface area (Å²) in [4.78, 5) is 41.0. The Balaban J connectivity index is 1.35. The Bertz CT molecular complexity index is 909. The number of halogens is 1. The topological polar surface area (TPSA) is 69.7 Å². The molecule has 3 amide bonds. The van der Waals surface area contributed by atoms with E-state index in [0.717, 1.165) is 12.8 Å². The van der Waals surface area contributed by atoms with Crippen LogP contribution in [0, 0.1) is 0 Å². The van der Waals surface area contributed by atoms with E-state index in [1.165, 1.54) is 4.90 Å². The number of carbonyl (C=O) groups excluding carboxylic acids is 3. The molecule has 2 heterocycles. The number of nitrogens with zero attached hydrogens (tertiary/aromatic N) is 2. The third-order valence-electron chi connectivity index (χ3n) is 5.55. The summed E-state index contributed by atoms with van der Waals surface area (Å²) in [5, 5.41) is 3.63. The maximum absolute atomic E-state index is 12.9. The molecule has 6 nitrogen and oxygen atoms in total. The first-order chi connectivity index (χ1) is 14.0. The molecule has 0 unspecified atom stereocenters. The molecule has 0 aliphatic carbocycles. The van der Waals surface area contributed by atoms with E-state index < -0.39 is 6.04 Å². The maximum Gasteiger partial charge on any atom is 0.251 e. The number of carbonyl (C=O) groups is 3.